The van der Waals surface area contributed by atoms with Crippen LogP contribution < -0.4 is 0 Å². The molecule has 0 heterocycles. The van der Waals surface area contributed by atoms with Crippen molar-refractivity contribution < 1.29 is 9.59 Å². The summed E-state index contributed by atoms with van der Waals surface area (Å²) in [6.45, 7) is 0. The number of benzene rings is 2. The summed E-state index contributed by atoms with van der Waals surface area (Å²) in [4.78, 5) is 22.6. The SMILES string of the molecule is O=CCC#Cc1ccccc1C(=O)c1ccccc1. The van der Waals surface area contributed by atoms with Crippen LogP contribution in [0.5, 0.6) is 0 Å². The third-order valence-corrected chi connectivity index (χ3v) is 2.62. The largest absolute Gasteiger partial charge is 0.302 e. The van der Waals surface area contributed by atoms with Gasteiger partial charge in [0.2, 0.25) is 0 Å². The van der Waals surface area contributed by atoms with E-state index in [-0.39, 0.29) is 12.2 Å². The van der Waals surface area contributed by atoms with Crippen LogP contribution in [0, 0.1) is 11.8 Å². The maximum Gasteiger partial charge on any atom is 0.194 e. The van der Waals surface area contributed by atoms with Crippen LogP contribution in [-0.2, 0) is 4.79 Å². The highest BCUT2D eigenvalue weighted by atomic mass is 16.1. The number of hydrogen-bond acceptors (Lipinski definition) is 2. The fraction of sp³-hybridized carbons (Fsp3) is 0.0588. The molecule has 0 aromatic heterocycles. The standard InChI is InChI=1S/C17H12O2/c18-13-7-6-9-14-8-4-5-12-16(14)17(19)15-10-2-1-3-11-15/h1-5,8,10-13H,7H2. The van der Waals surface area contributed by atoms with E-state index in [0.717, 1.165) is 6.29 Å². The van der Waals surface area contributed by atoms with Gasteiger partial charge in [-0.3, -0.25) is 4.79 Å². The lowest BCUT2D eigenvalue weighted by molar-refractivity contribution is -0.107. The zero-order valence-corrected chi connectivity index (χ0v) is 10.3. The van der Waals surface area contributed by atoms with Crippen molar-refractivity contribution in [2.75, 3.05) is 0 Å². The van der Waals surface area contributed by atoms with Crippen molar-refractivity contribution in [3.05, 3.63) is 71.3 Å². The van der Waals surface area contributed by atoms with Crippen LogP contribution in [0.1, 0.15) is 27.9 Å². The van der Waals surface area contributed by atoms with E-state index in [1.54, 1.807) is 30.3 Å². The Labute approximate surface area is 112 Å². The molecule has 2 aromatic rings. The van der Waals surface area contributed by atoms with Gasteiger partial charge in [0.15, 0.2) is 5.78 Å². The average molecular weight is 248 g/mol. The smallest absolute Gasteiger partial charge is 0.194 e. The molecular formula is C17H12O2. The van der Waals surface area contributed by atoms with Gasteiger partial charge in [0.1, 0.15) is 6.29 Å². The molecule has 19 heavy (non-hydrogen) atoms. The van der Waals surface area contributed by atoms with Gasteiger partial charge in [0.25, 0.3) is 0 Å². The van der Waals surface area contributed by atoms with Gasteiger partial charge in [-0.2, -0.15) is 0 Å². The quantitative estimate of drug-likeness (QED) is 0.475. The molecule has 0 N–H and O–H groups in total. The Balaban J connectivity index is 2.38. The molecule has 0 aliphatic carbocycles. The highest BCUT2D eigenvalue weighted by Gasteiger charge is 2.11. The minimum absolute atomic E-state index is 0.0587. The van der Waals surface area contributed by atoms with Crippen LogP contribution in [0.25, 0.3) is 0 Å². The van der Waals surface area contributed by atoms with Crippen LogP contribution in [0.3, 0.4) is 0 Å². The Morgan fingerprint density at radius 2 is 1.68 bits per heavy atom. The molecule has 0 amide bonds. The van der Waals surface area contributed by atoms with Gasteiger partial charge in [0, 0.05) is 16.7 Å². The summed E-state index contributed by atoms with van der Waals surface area (Å²) in [7, 11) is 0. The monoisotopic (exact) mass is 248 g/mol. The van der Waals surface area contributed by atoms with E-state index in [4.69, 9.17) is 0 Å². The lowest BCUT2D eigenvalue weighted by Crippen LogP contribution is -2.03. The van der Waals surface area contributed by atoms with Gasteiger partial charge in [-0.05, 0) is 12.1 Å². The second-order valence-electron chi connectivity index (χ2n) is 3.91. The molecule has 2 heteroatoms. The minimum atomic E-state index is -0.0587. The predicted molar refractivity (Wildman–Crippen MR) is 73.9 cm³/mol. The first-order valence-electron chi connectivity index (χ1n) is 5.94. The summed E-state index contributed by atoms with van der Waals surface area (Å²) in [6.07, 6.45) is 0.919. The van der Waals surface area contributed by atoms with Crippen molar-refractivity contribution in [1.82, 2.24) is 0 Å². The van der Waals surface area contributed by atoms with Crippen molar-refractivity contribution in [2.24, 2.45) is 0 Å². The van der Waals surface area contributed by atoms with E-state index in [2.05, 4.69) is 11.8 Å². The highest BCUT2D eigenvalue weighted by molar-refractivity contribution is 6.10. The fourth-order valence-electron chi connectivity index (χ4n) is 1.72. The summed E-state index contributed by atoms with van der Waals surface area (Å²) >= 11 is 0. The Bertz CT molecular complexity index is 646. The molecule has 0 saturated carbocycles. The van der Waals surface area contributed by atoms with E-state index in [0.29, 0.717) is 16.7 Å². The molecule has 2 rings (SSSR count). The van der Waals surface area contributed by atoms with Gasteiger partial charge >= 0.3 is 0 Å². The third-order valence-electron chi connectivity index (χ3n) is 2.62. The molecule has 0 unspecified atom stereocenters. The van der Waals surface area contributed by atoms with Crippen LogP contribution in [-0.4, -0.2) is 12.1 Å². The van der Waals surface area contributed by atoms with Crippen molar-refractivity contribution in [3.8, 4) is 11.8 Å². The Hall–Kier alpha value is -2.66. The fourth-order valence-corrected chi connectivity index (χ4v) is 1.72. The number of rotatable bonds is 3. The van der Waals surface area contributed by atoms with E-state index in [9.17, 15) is 9.59 Å². The second-order valence-corrected chi connectivity index (χ2v) is 3.91. The molecule has 2 aromatic carbocycles. The highest BCUT2D eigenvalue weighted by Crippen LogP contribution is 2.13. The van der Waals surface area contributed by atoms with Crippen molar-refractivity contribution in [3.63, 3.8) is 0 Å². The Morgan fingerprint density at radius 3 is 2.42 bits per heavy atom. The van der Waals surface area contributed by atoms with E-state index in [1.807, 2.05) is 24.3 Å². The molecule has 0 saturated heterocycles. The van der Waals surface area contributed by atoms with Crippen molar-refractivity contribution in [1.29, 1.82) is 0 Å². The number of ketones is 1. The van der Waals surface area contributed by atoms with Gasteiger partial charge in [0.05, 0.1) is 6.42 Å². The van der Waals surface area contributed by atoms with Crippen LogP contribution in [0.15, 0.2) is 54.6 Å². The van der Waals surface area contributed by atoms with Gasteiger partial charge in [-0.1, -0.05) is 54.3 Å². The molecular weight excluding hydrogens is 236 g/mol. The normalized spacial score (nSPS) is 9.26. The topological polar surface area (TPSA) is 34.1 Å². The van der Waals surface area contributed by atoms with Crippen molar-refractivity contribution >= 4 is 12.1 Å². The molecule has 0 spiro atoms. The minimum Gasteiger partial charge on any atom is -0.302 e. The van der Waals surface area contributed by atoms with Gasteiger partial charge in [-0.15, -0.1) is 0 Å². The second kappa shape index (κ2) is 6.32. The summed E-state index contributed by atoms with van der Waals surface area (Å²) < 4.78 is 0. The van der Waals surface area contributed by atoms with Crippen LogP contribution >= 0.6 is 0 Å². The average Bonchev–Trinajstić information content (AvgIpc) is 2.48. The summed E-state index contributed by atoms with van der Waals surface area (Å²) in [5.41, 5.74) is 1.84. The summed E-state index contributed by atoms with van der Waals surface area (Å²) in [6, 6.07) is 16.2. The summed E-state index contributed by atoms with van der Waals surface area (Å²) in [5, 5.41) is 0. The molecule has 2 nitrogen and oxygen atoms in total. The molecule has 0 aliphatic heterocycles. The summed E-state index contributed by atoms with van der Waals surface area (Å²) in [5.74, 6) is 5.53. The Morgan fingerprint density at radius 1 is 1.00 bits per heavy atom. The van der Waals surface area contributed by atoms with Crippen LogP contribution in [0.4, 0.5) is 0 Å². The number of hydrogen-bond donors (Lipinski definition) is 0. The molecule has 92 valence electrons. The van der Waals surface area contributed by atoms with E-state index in [1.165, 1.54) is 0 Å². The molecule has 0 aliphatic rings. The van der Waals surface area contributed by atoms with Gasteiger partial charge < -0.3 is 4.79 Å². The molecule has 0 atom stereocenters. The van der Waals surface area contributed by atoms with E-state index >= 15 is 0 Å². The maximum absolute atomic E-state index is 12.4. The van der Waals surface area contributed by atoms with Gasteiger partial charge in [-0.25, -0.2) is 0 Å². The zero-order chi connectivity index (χ0) is 13.5. The lowest BCUT2D eigenvalue weighted by atomic mass is 9.98. The Kier molecular flexibility index (Phi) is 4.25. The number of carbonyl (C=O) groups is 2. The van der Waals surface area contributed by atoms with Crippen molar-refractivity contribution in [2.45, 2.75) is 6.42 Å². The predicted octanol–water partition coefficient (Wildman–Crippen LogP) is 2.86. The third kappa shape index (κ3) is 3.17. The van der Waals surface area contributed by atoms with E-state index < -0.39 is 0 Å². The first-order chi connectivity index (χ1) is 9.33. The lowest BCUT2D eigenvalue weighted by Gasteiger charge is -2.03. The number of carbonyl (C=O) groups excluding carboxylic acids is 2. The molecule has 0 bridgehead atoms. The van der Waals surface area contributed by atoms with Crippen LogP contribution in [0.2, 0.25) is 0 Å². The first kappa shape index (κ1) is 12.8. The zero-order valence-electron chi connectivity index (χ0n) is 10.3. The molecule has 0 radical (unpaired) electrons. The maximum atomic E-state index is 12.4. The first-order valence-corrected chi connectivity index (χ1v) is 5.94. The number of aldehydes is 1. The molecule has 0 fully saturated rings.